The second-order valence-electron chi connectivity index (χ2n) is 0. The summed E-state index contributed by atoms with van der Waals surface area (Å²) in [5, 5.41) is 0. The molecule has 0 fully saturated rings. The molecule has 6 heavy (non-hydrogen) atoms. The van der Waals surface area contributed by atoms with Crippen LogP contribution in [0.15, 0.2) is 0 Å². The van der Waals surface area contributed by atoms with E-state index < -0.39 is 0 Å². The van der Waals surface area contributed by atoms with Gasteiger partial charge in [0.1, 0.15) is 0 Å². The fourth-order valence-corrected chi connectivity index (χ4v) is 0. The minimum absolute atomic E-state index is 0. The van der Waals surface area contributed by atoms with Crippen LogP contribution >= 0.6 is 0 Å². The van der Waals surface area contributed by atoms with E-state index in [1.165, 1.54) is 0 Å². The maximum atomic E-state index is 0. The van der Waals surface area contributed by atoms with Gasteiger partial charge in [-0.2, -0.15) is 0 Å². The number of halogens is 3. The Kier molecular flexibility index (Phi) is 253. The summed E-state index contributed by atoms with van der Waals surface area (Å²) in [7, 11) is 0. The summed E-state index contributed by atoms with van der Waals surface area (Å²) >= 11 is 0. The minimum Gasteiger partial charge on any atom is -1.00 e. The van der Waals surface area contributed by atoms with Gasteiger partial charge in [-0.3, -0.25) is 0 Å². The summed E-state index contributed by atoms with van der Waals surface area (Å²) in [5.41, 5.74) is 0. The molecule has 0 aromatic rings. The molecule has 0 aromatic heterocycles. The molecule has 0 N–H and O–H groups in total. The molecular weight excluding hydrogens is 174 g/mol. The van der Waals surface area contributed by atoms with Gasteiger partial charge in [0.05, 0.1) is 0 Å². The molecule has 0 nitrogen and oxygen atoms in total. The minimum atomic E-state index is 0. The van der Waals surface area contributed by atoms with Crippen molar-refractivity contribution in [3.8, 4) is 0 Å². The largest absolute Gasteiger partial charge is 1.00 e. The average molecular weight is 174 g/mol. The first-order chi connectivity index (χ1) is 0. The molecule has 0 aliphatic carbocycles. The molecule has 0 spiro atoms. The van der Waals surface area contributed by atoms with Crippen molar-refractivity contribution in [1.82, 2.24) is 0 Å². The van der Waals surface area contributed by atoms with Crippen molar-refractivity contribution in [2.24, 2.45) is 0 Å². The van der Waals surface area contributed by atoms with Crippen molar-refractivity contribution in [1.29, 1.82) is 0 Å². The van der Waals surface area contributed by atoms with E-state index in [0.717, 1.165) is 0 Å². The second-order valence-corrected chi connectivity index (χ2v) is 0. The molecule has 0 bridgehead atoms. The molecule has 0 unspecified atom stereocenters. The molecule has 0 saturated carbocycles. The van der Waals surface area contributed by atoms with Crippen LogP contribution in [0.25, 0.3) is 0 Å². The third-order valence-corrected chi connectivity index (χ3v) is 0. The van der Waals surface area contributed by atoms with Crippen molar-refractivity contribution >= 4 is 0 Å². The molecule has 0 amide bonds. The van der Waals surface area contributed by atoms with Crippen molar-refractivity contribution in [2.45, 2.75) is 0 Å². The predicted octanol–water partition coefficient (Wildman–Crippen LogP) is -18.0. The maximum Gasteiger partial charge on any atom is 1.00 e. The van der Waals surface area contributed by atoms with E-state index in [1.807, 2.05) is 0 Å². The first-order valence-corrected chi connectivity index (χ1v) is 0. The number of rotatable bonds is 0. The Morgan fingerprint density at radius 3 is 0.333 bits per heavy atom. The van der Waals surface area contributed by atoms with Crippen LogP contribution in [-0.2, 0) is 0 Å². The Hall–Kier alpha value is 4.70. The SMILES string of the molecule is [F-].[F-].[F-].[K+].[K+].[K+]. The summed E-state index contributed by atoms with van der Waals surface area (Å²) in [5.74, 6) is 0. The maximum absolute atomic E-state index is 0. The first-order valence-electron chi connectivity index (χ1n) is 0. The molecule has 0 heterocycles. The van der Waals surface area contributed by atoms with Crippen LogP contribution < -0.4 is 168 Å². The quantitative estimate of drug-likeness (QED) is 0.320. The van der Waals surface area contributed by atoms with Crippen molar-refractivity contribution in [3.05, 3.63) is 0 Å². The summed E-state index contributed by atoms with van der Waals surface area (Å²) in [6, 6.07) is 0. The molecular formula is F3K3. The molecule has 0 rings (SSSR count). The van der Waals surface area contributed by atoms with Crippen LogP contribution in [0.5, 0.6) is 0 Å². The molecule has 0 aliphatic heterocycles. The molecule has 0 aliphatic rings. The van der Waals surface area contributed by atoms with Gasteiger partial charge in [0.15, 0.2) is 0 Å². The predicted molar refractivity (Wildman–Crippen MR) is 0 cm³/mol. The van der Waals surface area contributed by atoms with Crippen LogP contribution in [0.2, 0.25) is 0 Å². The number of hydrogen-bond donors (Lipinski definition) is 0. The van der Waals surface area contributed by atoms with E-state index in [1.54, 1.807) is 0 Å². The van der Waals surface area contributed by atoms with Gasteiger partial charge >= 0.3 is 154 Å². The van der Waals surface area contributed by atoms with Crippen LogP contribution in [0, 0.1) is 0 Å². The summed E-state index contributed by atoms with van der Waals surface area (Å²) in [6.07, 6.45) is 0. The Labute approximate surface area is 162 Å². The van der Waals surface area contributed by atoms with E-state index in [9.17, 15) is 0 Å². The van der Waals surface area contributed by atoms with Gasteiger partial charge in [-0.1, -0.05) is 0 Å². The zero-order chi connectivity index (χ0) is 0. The third kappa shape index (κ3) is 23.4. The van der Waals surface area contributed by atoms with Crippen LogP contribution in [0.1, 0.15) is 0 Å². The molecule has 0 atom stereocenters. The fourth-order valence-electron chi connectivity index (χ4n) is 0. The van der Waals surface area contributed by atoms with E-state index in [0.29, 0.717) is 0 Å². The van der Waals surface area contributed by atoms with E-state index >= 15 is 0 Å². The Bertz CT molecular complexity index is 6.00. The molecule has 0 saturated heterocycles. The molecule has 0 aromatic carbocycles. The first kappa shape index (κ1) is 45.6. The Morgan fingerprint density at radius 1 is 0.333 bits per heavy atom. The van der Waals surface area contributed by atoms with Crippen molar-refractivity contribution in [3.63, 3.8) is 0 Å². The summed E-state index contributed by atoms with van der Waals surface area (Å²) < 4.78 is 0. The fraction of sp³-hybridized carbons (Fsp3) is 0. The van der Waals surface area contributed by atoms with Gasteiger partial charge in [0.25, 0.3) is 0 Å². The third-order valence-electron chi connectivity index (χ3n) is 0. The van der Waals surface area contributed by atoms with E-state index in [2.05, 4.69) is 0 Å². The monoisotopic (exact) mass is 174 g/mol. The Morgan fingerprint density at radius 2 is 0.333 bits per heavy atom. The normalized spacial score (nSPS) is 0. The van der Waals surface area contributed by atoms with Crippen LogP contribution in [-0.4, -0.2) is 0 Å². The van der Waals surface area contributed by atoms with Gasteiger partial charge in [0, 0.05) is 0 Å². The van der Waals surface area contributed by atoms with Gasteiger partial charge in [-0.25, -0.2) is 0 Å². The molecule has 24 valence electrons. The van der Waals surface area contributed by atoms with Gasteiger partial charge in [-0.05, 0) is 0 Å². The second kappa shape index (κ2) is 33.2. The van der Waals surface area contributed by atoms with E-state index in [4.69, 9.17) is 0 Å². The van der Waals surface area contributed by atoms with Crippen molar-refractivity contribution in [2.75, 3.05) is 0 Å². The zero-order valence-corrected chi connectivity index (χ0v) is 13.5. The average Bonchev–Trinajstić information content (AvgIpc) is 0. The topological polar surface area (TPSA) is 0 Å². The number of hydrogen-bond acceptors (Lipinski definition) is 0. The van der Waals surface area contributed by atoms with Crippen molar-refractivity contribution < 1.29 is 168 Å². The van der Waals surface area contributed by atoms with Crippen LogP contribution in [0.4, 0.5) is 0 Å². The van der Waals surface area contributed by atoms with Gasteiger partial charge in [0.2, 0.25) is 0 Å². The standard InChI is InChI=1S/3FH.3K/h3*1H;;;/q;;;3*+1/p-3. The van der Waals surface area contributed by atoms with Gasteiger partial charge in [-0.15, -0.1) is 0 Å². The molecule has 0 radical (unpaired) electrons. The van der Waals surface area contributed by atoms with Crippen LogP contribution in [0.3, 0.4) is 0 Å². The summed E-state index contributed by atoms with van der Waals surface area (Å²) in [6.45, 7) is 0. The van der Waals surface area contributed by atoms with E-state index in [-0.39, 0.29) is 168 Å². The smallest absolute Gasteiger partial charge is 1.00 e. The summed E-state index contributed by atoms with van der Waals surface area (Å²) in [4.78, 5) is 0. The van der Waals surface area contributed by atoms with Gasteiger partial charge < -0.3 is 14.1 Å². The zero-order valence-electron chi connectivity index (χ0n) is 4.13. The molecule has 6 heteroatoms. The Balaban J connectivity index is 0.